The molecule has 3 aromatic carbocycles. The van der Waals surface area contributed by atoms with E-state index < -0.39 is 57.2 Å². The lowest BCUT2D eigenvalue weighted by atomic mass is 9.79. The summed E-state index contributed by atoms with van der Waals surface area (Å²) in [6.45, 7) is 7.80. The second-order valence-corrected chi connectivity index (χ2v) is 12.4. The van der Waals surface area contributed by atoms with Crippen LogP contribution in [0.4, 0.5) is 5.69 Å². The number of hydrogen-bond donors (Lipinski definition) is 3. The van der Waals surface area contributed by atoms with Gasteiger partial charge in [-0.05, 0) is 88.2 Å². The highest BCUT2D eigenvalue weighted by Gasteiger charge is 2.72. The van der Waals surface area contributed by atoms with Gasteiger partial charge >= 0.3 is 5.91 Å². The summed E-state index contributed by atoms with van der Waals surface area (Å²) in [6.07, 6.45) is 0.271. The molecule has 4 N–H and O–H groups in total. The molecule has 6 rings (SSSR count). The van der Waals surface area contributed by atoms with Crippen LogP contribution in [0.15, 0.2) is 71.8 Å². The van der Waals surface area contributed by atoms with Crippen molar-refractivity contribution in [3.8, 4) is 17.2 Å². The minimum absolute atomic E-state index is 0.0436. The highest BCUT2D eigenvalue weighted by molar-refractivity contribution is 6.56. The summed E-state index contributed by atoms with van der Waals surface area (Å²) in [5.74, 6) is -4.91. The standard InChI is InChI=1S/C35H32ClN3O8/c1-5-46-24-15-19-17-34(3,4)39-28(21(19)16-25(24)47-6-2)26(31(37)43)35(33(39)45)27(29(41)18-11-13-20(36)14-12-18)30(42)32(44)38(35)22-9-7-8-10-23(22)40/h7-16,40-41H,5-6,17H2,1-4H3,(H2,37,43)/b29-27-. The fourth-order valence-corrected chi connectivity index (χ4v) is 7.01. The number of hydrogen-bond acceptors (Lipinski definition) is 8. The number of phenolic OH excluding ortho intramolecular Hbond substituents is 1. The Morgan fingerprint density at radius 1 is 0.957 bits per heavy atom. The molecule has 242 valence electrons. The van der Waals surface area contributed by atoms with Crippen molar-refractivity contribution in [1.29, 1.82) is 0 Å². The van der Waals surface area contributed by atoms with Crippen LogP contribution in [0.2, 0.25) is 5.02 Å². The van der Waals surface area contributed by atoms with Crippen molar-refractivity contribution in [1.82, 2.24) is 4.90 Å². The number of amides is 3. The zero-order chi connectivity index (χ0) is 34.0. The fraction of sp³-hybridized carbons (Fsp3) is 0.257. The number of nitrogens with zero attached hydrogens (tertiary/aromatic N) is 2. The number of ketones is 1. The number of ether oxygens (including phenoxy) is 2. The Kier molecular flexibility index (Phi) is 7.55. The molecular formula is C35H32ClN3O8. The Labute approximate surface area is 275 Å². The molecule has 1 atom stereocenters. The van der Waals surface area contributed by atoms with Gasteiger partial charge in [-0.25, -0.2) is 0 Å². The second kappa shape index (κ2) is 11.2. The molecule has 1 spiro atoms. The molecule has 3 aliphatic heterocycles. The number of Topliss-reactive ketones (excluding diaryl/α,β-unsaturated/α-hetero) is 1. The first-order chi connectivity index (χ1) is 22.3. The highest BCUT2D eigenvalue weighted by atomic mass is 35.5. The van der Waals surface area contributed by atoms with E-state index in [4.69, 9.17) is 26.8 Å². The first kappa shape index (κ1) is 31.7. The number of nitrogens with two attached hydrogens (primary N) is 1. The molecule has 1 unspecified atom stereocenters. The number of anilines is 1. The first-order valence-corrected chi connectivity index (χ1v) is 15.4. The van der Waals surface area contributed by atoms with E-state index in [-0.39, 0.29) is 30.0 Å². The summed E-state index contributed by atoms with van der Waals surface area (Å²) in [4.78, 5) is 59.5. The number of rotatable bonds is 7. The predicted molar refractivity (Wildman–Crippen MR) is 174 cm³/mol. The molecule has 0 radical (unpaired) electrons. The average molecular weight is 658 g/mol. The van der Waals surface area contributed by atoms with E-state index in [9.17, 15) is 24.6 Å². The molecule has 3 aromatic rings. The second-order valence-electron chi connectivity index (χ2n) is 11.9. The van der Waals surface area contributed by atoms with Crippen molar-refractivity contribution >= 4 is 52.2 Å². The number of aromatic hydroxyl groups is 1. The summed E-state index contributed by atoms with van der Waals surface area (Å²) in [5.41, 5.74) is 2.33. The molecule has 0 aliphatic carbocycles. The Balaban J connectivity index is 1.80. The van der Waals surface area contributed by atoms with E-state index in [1.807, 2.05) is 6.92 Å². The maximum absolute atomic E-state index is 15.3. The lowest BCUT2D eigenvalue weighted by Gasteiger charge is -2.44. The molecule has 3 amide bonds. The van der Waals surface area contributed by atoms with Crippen LogP contribution in [-0.4, -0.2) is 62.9 Å². The molecule has 47 heavy (non-hydrogen) atoms. The Hall–Kier alpha value is -5.29. The van der Waals surface area contributed by atoms with E-state index in [2.05, 4.69) is 0 Å². The van der Waals surface area contributed by atoms with E-state index >= 15 is 4.79 Å². The molecule has 1 saturated heterocycles. The van der Waals surface area contributed by atoms with Crippen LogP contribution in [0, 0.1) is 0 Å². The van der Waals surface area contributed by atoms with Gasteiger partial charge in [0.2, 0.25) is 5.91 Å². The molecule has 0 saturated carbocycles. The van der Waals surface area contributed by atoms with Gasteiger partial charge in [0.1, 0.15) is 11.5 Å². The van der Waals surface area contributed by atoms with E-state index in [1.165, 1.54) is 53.4 Å². The van der Waals surface area contributed by atoms with Crippen molar-refractivity contribution in [3.05, 3.63) is 93.5 Å². The van der Waals surface area contributed by atoms with Crippen LogP contribution >= 0.6 is 11.6 Å². The lowest BCUT2D eigenvalue weighted by molar-refractivity contribution is -0.135. The summed E-state index contributed by atoms with van der Waals surface area (Å²) in [5, 5.41) is 23.2. The maximum Gasteiger partial charge on any atom is 0.300 e. The summed E-state index contributed by atoms with van der Waals surface area (Å²) in [6, 6.07) is 14.7. The van der Waals surface area contributed by atoms with Gasteiger partial charge in [0.25, 0.3) is 11.7 Å². The van der Waals surface area contributed by atoms with Gasteiger partial charge in [0, 0.05) is 21.7 Å². The number of para-hydroxylation sites is 2. The summed E-state index contributed by atoms with van der Waals surface area (Å²) in [7, 11) is 0. The summed E-state index contributed by atoms with van der Waals surface area (Å²) < 4.78 is 11.7. The molecule has 0 bridgehead atoms. The van der Waals surface area contributed by atoms with Gasteiger partial charge in [-0.15, -0.1) is 0 Å². The Bertz CT molecular complexity index is 1950. The van der Waals surface area contributed by atoms with Gasteiger partial charge in [-0.3, -0.25) is 24.1 Å². The normalized spacial score (nSPS) is 20.9. The number of aliphatic hydroxyl groups excluding tert-OH is 1. The smallest absolute Gasteiger partial charge is 0.300 e. The molecule has 0 aromatic heterocycles. The van der Waals surface area contributed by atoms with Crippen LogP contribution in [0.25, 0.3) is 11.5 Å². The van der Waals surface area contributed by atoms with Crippen molar-refractivity contribution in [2.75, 3.05) is 18.1 Å². The van der Waals surface area contributed by atoms with Crippen LogP contribution in [0.5, 0.6) is 17.2 Å². The molecular weight excluding hydrogens is 626 g/mol. The number of fused-ring (bicyclic) bond motifs is 3. The number of carbonyl (C=O) groups excluding carboxylic acids is 4. The van der Waals surface area contributed by atoms with Gasteiger partial charge in [-0.1, -0.05) is 23.7 Å². The van der Waals surface area contributed by atoms with Crippen LogP contribution in [0.3, 0.4) is 0 Å². The van der Waals surface area contributed by atoms with Crippen molar-refractivity contribution in [2.24, 2.45) is 5.73 Å². The van der Waals surface area contributed by atoms with E-state index in [0.29, 0.717) is 34.3 Å². The highest BCUT2D eigenvalue weighted by Crippen LogP contribution is 2.58. The van der Waals surface area contributed by atoms with Crippen molar-refractivity contribution < 1.29 is 38.9 Å². The topological polar surface area (TPSA) is 160 Å². The van der Waals surface area contributed by atoms with Gasteiger partial charge < -0.3 is 30.3 Å². The van der Waals surface area contributed by atoms with Crippen LogP contribution < -0.4 is 20.1 Å². The number of halogens is 1. The number of phenols is 1. The Morgan fingerprint density at radius 3 is 2.17 bits per heavy atom. The zero-order valence-electron chi connectivity index (χ0n) is 26.1. The molecule has 11 nitrogen and oxygen atoms in total. The number of benzene rings is 3. The minimum Gasteiger partial charge on any atom is -0.507 e. The van der Waals surface area contributed by atoms with Crippen LogP contribution in [0.1, 0.15) is 44.4 Å². The SMILES string of the molecule is CCOc1cc2c(cc1OCC)C1=C(C(N)=O)C3(C(=O)N1C(C)(C)C2)/C(=C(\O)c1ccc(Cl)cc1)C(=O)C(=O)N3c1ccccc1O. The average Bonchev–Trinajstić information content (AvgIpc) is 3.41. The van der Waals surface area contributed by atoms with Crippen molar-refractivity contribution in [2.45, 2.75) is 45.2 Å². The third-order valence-electron chi connectivity index (χ3n) is 8.63. The Morgan fingerprint density at radius 2 is 1.57 bits per heavy atom. The molecule has 1 fully saturated rings. The van der Waals surface area contributed by atoms with E-state index in [1.54, 1.807) is 32.9 Å². The molecule has 12 heteroatoms. The third-order valence-corrected chi connectivity index (χ3v) is 8.88. The minimum atomic E-state index is -2.61. The van der Waals surface area contributed by atoms with Gasteiger partial charge in [-0.2, -0.15) is 0 Å². The van der Waals surface area contributed by atoms with Crippen LogP contribution in [-0.2, 0) is 25.6 Å². The third kappa shape index (κ3) is 4.48. The zero-order valence-corrected chi connectivity index (χ0v) is 26.8. The quantitative estimate of drug-likeness (QED) is 0.190. The molecule has 3 heterocycles. The largest absolute Gasteiger partial charge is 0.507 e. The number of carbonyl (C=O) groups is 4. The number of primary amides is 1. The van der Waals surface area contributed by atoms with Gasteiger partial charge in [0.05, 0.1) is 35.7 Å². The number of aliphatic hydroxyl groups is 1. The molecule has 3 aliphatic rings. The van der Waals surface area contributed by atoms with Gasteiger partial charge in [0.15, 0.2) is 17.0 Å². The first-order valence-electron chi connectivity index (χ1n) is 15.0. The van der Waals surface area contributed by atoms with Crippen molar-refractivity contribution in [3.63, 3.8) is 0 Å². The van der Waals surface area contributed by atoms with E-state index in [0.717, 1.165) is 4.90 Å². The monoisotopic (exact) mass is 657 g/mol. The predicted octanol–water partition coefficient (Wildman–Crippen LogP) is 4.54. The maximum atomic E-state index is 15.3. The summed E-state index contributed by atoms with van der Waals surface area (Å²) >= 11 is 6.08. The lowest BCUT2D eigenvalue weighted by Crippen LogP contribution is -2.60. The fourth-order valence-electron chi connectivity index (χ4n) is 6.88.